The first kappa shape index (κ1) is 21.1. The van der Waals surface area contributed by atoms with Crippen molar-refractivity contribution in [3.63, 3.8) is 0 Å². The lowest BCUT2D eigenvalue weighted by molar-refractivity contribution is -0.119. The van der Waals surface area contributed by atoms with Crippen LogP contribution in [0.15, 0.2) is 56.6 Å². The first-order valence-electron chi connectivity index (χ1n) is 8.65. The molecule has 0 bridgehead atoms. The number of pyridine rings is 1. The Morgan fingerprint density at radius 3 is 2.79 bits per heavy atom. The number of rotatable bonds is 7. The normalized spacial score (nSPS) is 10.6. The van der Waals surface area contributed by atoms with Gasteiger partial charge in [-0.3, -0.25) is 4.79 Å². The maximum absolute atomic E-state index is 12.4. The number of aromatic nitrogens is 2. The standard InChI is InChI=1S/C20H18BrN3O4S/c1-12-8-14(5-6-17(12)21)23-18(25)10-27-20(26)16-4-3-7-22-19(16)29-11-15-9-13(2)28-24-15/h3-9H,10-11H2,1-2H3,(H,23,25). The summed E-state index contributed by atoms with van der Waals surface area (Å²) in [4.78, 5) is 28.8. The van der Waals surface area contributed by atoms with E-state index in [9.17, 15) is 9.59 Å². The lowest BCUT2D eigenvalue weighted by Crippen LogP contribution is -2.21. The predicted octanol–water partition coefficient (Wildman–Crippen LogP) is 4.54. The fourth-order valence-electron chi connectivity index (χ4n) is 2.42. The molecule has 3 rings (SSSR count). The van der Waals surface area contributed by atoms with Crippen LogP contribution in [0.4, 0.5) is 5.69 Å². The van der Waals surface area contributed by atoms with Crippen molar-refractivity contribution in [2.75, 3.05) is 11.9 Å². The van der Waals surface area contributed by atoms with E-state index in [0.717, 1.165) is 15.7 Å². The lowest BCUT2D eigenvalue weighted by Gasteiger charge is -2.09. The highest BCUT2D eigenvalue weighted by molar-refractivity contribution is 9.10. The van der Waals surface area contributed by atoms with Crippen molar-refractivity contribution in [3.05, 3.63) is 69.6 Å². The van der Waals surface area contributed by atoms with E-state index in [0.29, 0.717) is 27.8 Å². The third-order valence-electron chi connectivity index (χ3n) is 3.80. The number of halogens is 1. The molecule has 3 aromatic rings. The molecule has 1 N–H and O–H groups in total. The van der Waals surface area contributed by atoms with E-state index in [1.807, 2.05) is 32.0 Å². The summed E-state index contributed by atoms with van der Waals surface area (Å²) in [6.07, 6.45) is 1.59. The Balaban J connectivity index is 1.57. The number of benzene rings is 1. The molecule has 0 radical (unpaired) electrons. The minimum atomic E-state index is -0.612. The highest BCUT2D eigenvalue weighted by Gasteiger charge is 2.16. The number of thioether (sulfide) groups is 1. The zero-order valence-corrected chi connectivity index (χ0v) is 18.2. The monoisotopic (exact) mass is 475 g/mol. The fourth-order valence-corrected chi connectivity index (χ4v) is 3.53. The highest BCUT2D eigenvalue weighted by atomic mass is 79.9. The number of aryl methyl sites for hydroxylation is 2. The van der Waals surface area contributed by atoms with Crippen molar-refractivity contribution in [1.82, 2.24) is 10.1 Å². The summed E-state index contributed by atoms with van der Waals surface area (Å²) in [6.45, 7) is 3.34. The summed E-state index contributed by atoms with van der Waals surface area (Å²) in [5.74, 6) is 0.182. The molecule has 0 aliphatic heterocycles. The van der Waals surface area contributed by atoms with Crippen LogP contribution in [0.3, 0.4) is 0 Å². The van der Waals surface area contributed by atoms with Gasteiger partial charge in [-0.2, -0.15) is 0 Å². The summed E-state index contributed by atoms with van der Waals surface area (Å²) in [6, 6.07) is 10.5. The van der Waals surface area contributed by atoms with Gasteiger partial charge in [-0.15, -0.1) is 0 Å². The zero-order valence-electron chi connectivity index (χ0n) is 15.8. The molecule has 29 heavy (non-hydrogen) atoms. The third-order valence-corrected chi connectivity index (χ3v) is 5.73. The van der Waals surface area contributed by atoms with E-state index in [4.69, 9.17) is 9.26 Å². The van der Waals surface area contributed by atoms with Gasteiger partial charge in [-0.05, 0) is 49.7 Å². The number of hydrogen-bond donors (Lipinski definition) is 1. The molecule has 0 fully saturated rings. The molecule has 0 spiro atoms. The van der Waals surface area contributed by atoms with Gasteiger partial charge in [0, 0.05) is 28.2 Å². The Kier molecular flexibility index (Phi) is 7.05. The van der Waals surface area contributed by atoms with Crippen LogP contribution >= 0.6 is 27.7 Å². The molecule has 1 amide bonds. The number of ether oxygens (including phenoxy) is 1. The average Bonchev–Trinajstić information content (AvgIpc) is 3.13. The molecular weight excluding hydrogens is 458 g/mol. The highest BCUT2D eigenvalue weighted by Crippen LogP contribution is 2.25. The Morgan fingerprint density at radius 2 is 2.07 bits per heavy atom. The summed E-state index contributed by atoms with van der Waals surface area (Å²) in [7, 11) is 0. The van der Waals surface area contributed by atoms with Gasteiger partial charge in [-0.1, -0.05) is 32.8 Å². The van der Waals surface area contributed by atoms with Crippen LogP contribution in [0.2, 0.25) is 0 Å². The average molecular weight is 476 g/mol. The van der Waals surface area contributed by atoms with Crippen LogP contribution in [0.25, 0.3) is 0 Å². The molecule has 0 aliphatic carbocycles. The molecule has 0 unspecified atom stereocenters. The van der Waals surface area contributed by atoms with E-state index in [1.54, 1.807) is 24.4 Å². The number of hydrogen-bond acceptors (Lipinski definition) is 7. The van der Waals surface area contributed by atoms with Crippen molar-refractivity contribution >= 4 is 45.3 Å². The summed E-state index contributed by atoms with van der Waals surface area (Å²) < 4.78 is 11.1. The second kappa shape index (κ2) is 9.71. The van der Waals surface area contributed by atoms with Gasteiger partial charge in [0.25, 0.3) is 5.91 Å². The van der Waals surface area contributed by atoms with Crippen molar-refractivity contribution in [3.8, 4) is 0 Å². The summed E-state index contributed by atoms with van der Waals surface area (Å²) in [5, 5.41) is 7.13. The first-order chi connectivity index (χ1) is 13.9. The summed E-state index contributed by atoms with van der Waals surface area (Å²) in [5.41, 5.74) is 2.66. The third kappa shape index (κ3) is 5.91. The number of anilines is 1. The first-order valence-corrected chi connectivity index (χ1v) is 10.4. The molecule has 0 atom stereocenters. The maximum atomic E-state index is 12.4. The molecule has 150 valence electrons. The molecular formula is C20H18BrN3O4S. The SMILES string of the molecule is Cc1cc(CSc2ncccc2C(=O)OCC(=O)Nc2ccc(Br)c(C)c2)no1. The predicted molar refractivity (Wildman–Crippen MR) is 113 cm³/mol. The number of carbonyl (C=O) groups excluding carboxylic acids is 2. The molecule has 9 heteroatoms. The van der Waals surface area contributed by atoms with Crippen LogP contribution in [0.1, 0.15) is 27.4 Å². The number of esters is 1. The molecule has 7 nitrogen and oxygen atoms in total. The van der Waals surface area contributed by atoms with Crippen molar-refractivity contribution in [2.45, 2.75) is 24.6 Å². The number of amides is 1. The van der Waals surface area contributed by atoms with Crippen LogP contribution in [-0.4, -0.2) is 28.6 Å². The van der Waals surface area contributed by atoms with Crippen LogP contribution in [0.5, 0.6) is 0 Å². The van der Waals surface area contributed by atoms with Crippen molar-refractivity contribution in [2.24, 2.45) is 0 Å². The molecule has 1 aromatic carbocycles. The van der Waals surface area contributed by atoms with Crippen molar-refractivity contribution in [1.29, 1.82) is 0 Å². The molecule has 2 heterocycles. The quantitative estimate of drug-likeness (QED) is 0.395. The largest absolute Gasteiger partial charge is 0.452 e. The minimum absolute atomic E-state index is 0.296. The molecule has 0 saturated heterocycles. The van der Waals surface area contributed by atoms with Gasteiger partial charge >= 0.3 is 5.97 Å². The van der Waals surface area contributed by atoms with Crippen LogP contribution in [-0.2, 0) is 15.3 Å². The van der Waals surface area contributed by atoms with Gasteiger partial charge in [0.1, 0.15) is 10.8 Å². The number of carbonyl (C=O) groups is 2. The van der Waals surface area contributed by atoms with Crippen LogP contribution < -0.4 is 5.32 Å². The minimum Gasteiger partial charge on any atom is -0.452 e. The second-order valence-electron chi connectivity index (χ2n) is 6.16. The Labute approximate surface area is 180 Å². The zero-order chi connectivity index (χ0) is 20.8. The van der Waals surface area contributed by atoms with Gasteiger partial charge in [0.2, 0.25) is 0 Å². The Morgan fingerprint density at radius 1 is 1.24 bits per heavy atom. The van der Waals surface area contributed by atoms with E-state index >= 15 is 0 Å². The Hall–Kier alpha value is -2.65. The van der Waals surface area contributed by atoms with E-state index < -0.39 is 18.5 Å². The van der Waals surface area contributed by atoms with Gasteiger partial charge in [-0.25, -0.2) is 9.78 Å². The molecule has 0 saturated carbocycles. The van der Waals surface area contributed by atoms with Gasteiger partial charge in [0.05, 0.1) is 11.3 Å². The van der Waals surface area contributed by atoms with E-state index in [-0.39, 0.29) is 0 Å². The fraction of sp³-hybridized carbons (Fsp3) is 0.200. The molecule has 2 aromatic heterocycles. The van der Waals surface area contributed by atoms with E-state index in [1.165, 1.54) is 11.8 Å². The van der Waals surface area contributed by atoms with Crippen molar-refractivity contribution < 1.29 is 18.8 Å². The van der Waals surface area contributed by atoms with E-state index in [2.05, 4.69) is 31.4 Å². The van der Waals surface area contributed by atoms with Gasteiger partial charge < -0.3 is 14.6 Å². The van der Waals surface area contributed by atoms with Crippen LogP contribution in [0, 0.1) is 13.8 Å². The maximum Gasteiger partial charge on any atom is 0.341 e. The smallest absolute Gasteiger partial charge is 0.341 e. The topological polar surface area (TPSA) is 94.3 Å². The molecule has 0 aliphatic rings. The number of nitrogens with one attached hydrogen (secondary N) is 1. The van der Waals surface area contributed by atoms with Gasteiger partial charge in [0.15, 0.2) is 6.61 Å². The summed E-state index contributed by atoms with van der Waals surface area (Å²) >= 11 is 4.75. The lowest BCUT2D eigenvalue weighted by atomic mass is 10.2. The number of nitrogens with zero attached hydrogens (tertiary/aromatic N) is 2. The second-order valence-corrected chi connectivity index (χ2v) is 7.98. The Bertz CT molecular complexity index is 1040.